The third kappa shape index (κ3) is 2.47. The molecule has 1 atom stereocenters. The van der Waals surface area contributed by atoms with Gasteiger partial charge in [0.05, 0.1) is 5.71 Å². The first-order valence-corrected chi connectivity index (χ1v) is 7.27. The van der Waals surface area contributed by atoms with Crippen LogP contribution >= 0.6 is 0 Å². The minimum Gasteiger partial charge on any atom is -0.300 e. The van der Waals surface area contributed by atoms with E-state index in [9.17, 15) is 0 Å². The molecule has 0 heterocycles. The molecule has 1 aliphatic carbocycles. The summed E-state index contributed by atoms with van der Waals surface area (Å²) in [6, 6.07) is 18.2. The van der Waals surface area contributed by atoms with Crippen molar-refractivity contribution < 1.29 is 0 Å². The lowest BCUT2D eigenvalue weighted by atomic mass is 9.87. The number of benzene rings is 2. The van der Waals surface area contributed by atoms with Crippen LogP contribution in [0, 0.1) is 5.41 Å². The van der Waals surface area contributed by atoms with E-state index < -0.39 is 0 Å². The zero-order valence-electron chi connectivity index (χ0n) is 12.4. The molecule has 2 aromatic rings. The Morgan fingerprint density at radius 1 is 0.905 bits per heavy atom. The molecule has 0 saturated carbocycles. The highest BCUT2D eigenvalue weighted by Crippen LogP contribution is 2.35. The van der Waals surface area contributed by atoms with Gasteiger partial charge in [-0.05, 0) is 19.4 Å². The van der Waals surface area contributed by atoms with E-state index in [2.05, 4.69) is 44.2 Å². The van der Waals surface area contributed by atoms with Gasteiger partial charge >= 0.3 is 0 Å². The van der Waals surface area contributed by atoms with Crippen LogP contribution in [-0.4, -0.2) is 5.71 Å². The zero-order chi connectivity index (χ0) is 14.8. The van der Waals surface area contributed by atoms with E-state index in [1.54, 1.807) is 0 Å². The minimum atomic E-state index is 0.297. The van der Waals surface area contributed by atoms with Crippen molar-refractivity contribution in [3.05, 3.63) is 94.6 Å². The van der Waals surface area contributed by atoms with Crippen molar-refractivity contribution in [1.29, 1.82) is 5.41 Å². The maximum Gasteiger partial charge on any atom is 0.0687 e. The van der Waals surface area contributed by atoms with E-state index in [0.717, 1.165) is 11.1 Å². The van der Waals surface area contributed by atoms with Crippen LogP contribution in [0.1, 0.15) is 36.5 Å². The second-order valence-electron chi connectivity index (χ2n) is 5.53. The van der Waals surface area contributed by atoms with E-state index >= 15 is 0 Å². The van der Waals surface area contributed by atoms with Crippen molar-refractivity contribution in [2.45, 2.75) is 19.8 Å². The second kappa shape index (κ2) is 5.53. The molecule has 21 heavy (non-hydrogen) atoms. The molecule has 1 unspecified atom stereocenters. The maximum atomic E-state index is 8.55. The molecule has 0 fully saturated rings. The molecule has 0 spiro atoms. The molecule has 0 amide bonds. The highest BCUT2D eigenvalue weighted by Gasteiger charge is 2.21. The van der Waals surface area contributed by atoms with Gasteiger partial charge in [-0.15, -0.1) is 0 Å². The zero-order valence-corrected chi connectivity index (χ0v) is 12.4. The van der Waals surface area contributed by atoms with Crippen molar-refractivity contribution in [3.8, 4) is 0 Å². The first kappa shape index (κ1) is 13.6. The van der Waals surface area contributed by atoms with Gasteiger partial charge < -0.3 is 0 Å². The fraction of sp³-hybridized carbons (Fsp3) is 0.150. The number of hydrogen-bond acceptors (Lipinski definition) is 1. The summed E-state index contributed by atoms with van der Waals surface area (Å²) in [5.41, 5.74) is 6.51. The average molecular weight is 273 g/mol. The molecule has 0 aromatic heterocycles. The molecular weight excluding hydrogens is 254 g/mol. The number of hydrogen-bond donors (Lipinski definition) is 1. The summed E-state index contributed by atoms with van der Waals surface area (Å²) in [5.74, 6) is 0.297. The monoisotopic (exact) mass is 273 g/mol. The van der Waals surface area contributed by atoms with Crippen LogP contribution < -0.4 is 0 Å². The Balaban J connectivity index is 2.06. The maximum absolute atomic E-state index is 8.55. The summed E-state index contributed by atoms with van der Waals surface area (Å²) in [4.78, 5) is 0. The standard InChI is InChI=1S/C20H19N/c1-14-12-13-17(15(14)2)18-10-6-7-11-19(18)20(21)16-8-4-3-5-9-16/h3-13,17,21H,1-2H3. The number of allylic oxidation sites excluding steroid dienone is 4. The van der Waals surface area contributed by atoms with Crippen LogP contribution in [0.5, 0.6) is 0 Å². The van der Waals surface area contributed by atoms with Crippen molar-refractivity contribution in [2.75, 3.05) is 0 Å². The van der Waals surface area contributed by atoms with Gasteiger partial charge in [-0.1, -0.05) is 77.9 Å². The first-order chi connectivity index (χ1) is 10.2. The Bertz CT molecular complexity index is 735. The third-order valence-corrected chi connectivity index (χ3v) is 4.25. The van der Waals surface area contributed by atoms with E-state index in [-0.39, 0.29) is 0 Å². The molecule has 1 N–H and O–H groups in total. The summed E-state index contributed by atoms with van der Waals surface area (Å²) in [6.07, 6.45) is 4.42. The van der Waals surface area contributed by atoms with Crippen LogP contribution in [0.25, 0.3) is 0 Å². The Labute approximate surface area is 126 Å². The molecule has 0 saturated heterocycles. The average Bonchev–Trinajstić information content (AvgIpc) is 2.87. The third-order valence-electron chi connectivity index (χ3n) is 4.25. The Kier molecular flexibility index (Phi) is 3.57. The van der Waals surface area contributed by atoms with Gasteiger partial charge in [-0.2, -0.15) is 0 Å². The summed E-state index contributed by atoms with van der Waals surface area (Å²) < 4.78 is 0. The summed E-state index contributed by atoms with van der Waals surface area (Å²) >= 11 is 0. The fourth-order valence-corrected chi connectivity index (χ4v) is 2.85. The topological polar surface area (TPSA) is 23.9 Å². The molecule has 2 aromatic carbocycles. The largest absolute Gasteiger partial charge is 0.300 e. The SMILES string of the molecule is CC1=C(C)C(c2ccccc2C(=N)c2ccccc2)C=C1. The van der Waals surface area contributed by atoms with Crippen LogP contribution in [0.4, 0.5) is 0 Å². The van der Waals surface area contributed by atoms with Gasteiger partial charge in [0.15, 0.2) is 0 Å². The van der Waals surface area contributed by atoms with Crippen LogP contribution in [0.15, 0.2) is 77.9 Å². The number of nitrogens with one attached hydrogen (secondary N) is 1. The van der Waals surface area contributed by atoms with Crippen LogP contribution in [0.2, 0.25) is 0 Å². The highest BCUT2D eigenvalue weighted by atomic mass is 14.4. The lowest BCUT2D eigenvalue weighted by Crippen LogP contribution is -2.08. The van der Waals surface area contributed by atoms with Crippen LogP contribution in [-0.2, 0) is 0 Å². The molecule has 0 aliphatic heterocycles. The Morgan fingerprint density at radius 3 is 2.24 bits per heavy atom. The lowest BCUT2D eigenvalue weighted by Gasteiger charge is -2.17. The smallest absolute Gasteiger partial charge is 0.0687 e. The second-order valence-corrected chi connectivity index (χ2v) is 5.53. The van der Waals surface area contributed by atoms with Crippen LogP contribution in [0.3, 0.4) is 0 Å². The molecule has 104 valence electrons. The van der Waals surface area contributed by atoms with E-state index in [4.69, 9.17) is 5.41 Å². The normalized spacial score (nSPS) is 17.3. The molecular formula is C20H19N. The molecule has 1 nitrogen and oxygen atoms in total. The van der Waals surface area contributed by atoms with Crippen molar-refractivity contribution >= 4 is 5.71 Å². The quantitative estimate of drug-likeness (QED) is 0.753. The van der Waals surface area contributed by atoms with Crippen molar-refractivity contribution in [1.82, 2.24) is 0 Å². The van der Waals surface area contributed by atoms with Gasteiger partial charge in [0.25, 0.3) is 0 Å². The van der Waals surface area contributed by atoms with E-state index in [1.165, 1.54) is 16.7 Å². The number of rotatable bonds is 3. The van der Waals surface area contributed by atoms with Gasteiger partial charge in [0.1, 0.15) is 0 Å². The van der Waals surface area contributed by atoms with Crippen molar-refractivity contribution in [2.24, 2.45) is 0 Å². The van der Waals surface area contributed by atoms with Gasteiger partial charge in [0.2, 0.25) is 0 Å². The first-order valence-electron chi connectivity index (χ1n) is 7.27. The minimum absolute atomic E-state index is 0.297. The lowest BCUT2D eigenvalue weighted by molar-refractivity contribution is 0.998. The van der Waals surface area contributed by atoms with Gasteiger partial charge in [0, 0.05) is 17.0 Å². The molecule has 0 radical (unpaired) electrons. The molecule has 1 aliphatic rings. The summed E-state index contributed by atoms with van der Waals surface area (Å²) in [6.45, 7) is 4.33. The van der Waals surface area contributed by atoms with E-state index in [1.807, 2.05) is 36.4 Å². The van der Waals surface area contributed by atoms with Gasteiger partial charge in [-0.25, -0.2) is 0 Å². The van der Waals surface area contributed by atoms with Gasteiger partial charge in [-0.3, -0.25) is 5.41 Å². The van der Waals surface area contributed by atoms with E-state index in [0.29, 0.717) is 11.6 Å². The summed E-state index contributed by atoms with van der Waals surface area (Å²) in [7, 11) is 0. The van der Waals surface area contributed by atoms with Crippen molar-refractivity contribution in [3.63, 3.8) is 0 Å². The Hall–Kier alpha value is -2.41. The highest BCUT2D eigenvalue weighted by molar-refractivity contribution is 6.11. The molecule has 1 heteroatoms. The molecule has 0 bridgehead atoms. The summed E-state index contributed by atoms with van der Waals surface area (Å²) in [5, 5.41) is 8.55. The predicted molar refractivity (Wildman–Crippen MR) is 89.1 cm³/mol. The molecule has 3 rings (SSSR count). The fourth-order valence-electron chi connectivity index (χ4n) is 2.85. The predicted octanol–water partition coefficient (Wildman–Crippen LogP) is 5.09. The Morgan fingerprint density at radius 2 is 1.57 bits per heavy atom.